The second-order valence-corrected chi connectivity index (χ2v) is 12.5. The summed E-state index contributed by atoms with van der Waals surface area (Å²) < 4.78 is 32.7. The Morgan fingerprint density at radius 3 is 2.65 bits per heavy atom. The number of hydrogen-bond donors (Lipinski definition) is 0. The van der Waals surface area contributed by atoms with Gasteiger partial charge in [0.25, 0.3) is 0 Å². The van der Waals surface area contributed by atoms with Crippen molar-refractivity contribution in [3.63, 3.8) is 0 Å². The number of nitriles is 1. The first-order chi connectivity index (χ1) is 7.83. The first-order valence-electron chi connectivity index (χ1n) is 4.81. The van der Waals surface area contributed by atoms with Gasteiger partial charge in [-0.25, -0.2) is 0 Å². The molecule has 0 atom stereocenters. The minimum absolute atomic E-state index is 0.124. The number of hydrogen-bond acceptors (Lipinski definition) is 5. The highest BCUT2D eigenvalue weighted by Crippen LogP contribution is 2.35. The second-order valence-electron chi connectivity index (χ2n) is 4.49. The Balaban J connectivity index is 2.81. The van der Waals surface area contributed by atoms with E-state index < -0.39 is 14.7 Å². The van der Waals surface area contributed by atoms with Crippen LogP contribution in [0.5, 0.6) is 5.88 Å². The van der Waals surface area contributed by atoms with E-state index in [9.17, 15) is 8.78 Å². The van der Waals surface area contributed by atoms with Crippen LogP contribution >= 0.6 is 23.3 Å². The summed E-state index contributed by atoms with van der Waals surface area (Å²) in [7, 11) is -1.25. The van der Waals surface area contributed by atoms with Gasteiger partial charge in [0.1, 0.15) is 15.8 Å². The second kappa shape index (κ2) is 5.80. The van der Waals surface area contributed by atoms with E-state index in [2.05, 4.69) is 28.8 Å². The van der Waals surface area contributed by atoms with E-state index in [0.717, 1.165) is 16.9 Å². The maximum Gasteiger partial charge on any atom is 0.388 e. The van der Waals surface area contributed by atoms with Crippen LogP contribution in [-0.2, 0) is 0 Å². The van der Waals surface area contributed by atoms with Crippen molar-refractivity contribution >= 4 is 31.4 Å². The SMILES string of the molecule is C[Si](C)(C)CSc1snc(OC(F)F)c1C#N. The van der Waals surface area contributed by atoms with Gasteiger partial charge in [-0.05, 0) is 16.9 Å². The van der Waals surface area contributed by atoms with Crippen molar-refractivity contribution in [2.45, 2.75) is 30.5 Å². The molecule has 0 saturated carbocycles. The molecule has 0 radical (unpaired) electrons. The number of thioether (sulfide) groups is 1. The lowest BCUT2D eigenvalue weighted by Gasteiger charge is -2.13. The first kappa shape index (κ1) is 14.4. The molecule has 0 aliphatic heterocycles. The molecule has 0 fully saturated rings. The van der Waals surface area contributed by atoms with Crippen LogP contribution in [-0.4, -0.2) is 24.4 Å². The van der Waals surface area contributed by atoms with Crippen molar-refractivity contribution in [3.8, 4) is 11.9 Å². The highest BCUT2D eigenvalue weighted by atomic mass is 32.2. The molecule has 0 unspecified atom stereocenters. The van der Waals surface area contributed by atoms with Gasteiger partial charge < -0.3 is 4.74 Å². The van der Waals surface area contributed by atoms with Crippen LogP contribution in [0.3, 0.4) is 0 Å². The molecule has 94 valence electrons. The van der Waals surface area contributed by atoms with Gasteiger partial charge in [-0.3, -0.25) is 0 Å². The lowest BCUT2D eigenvalue weighted by Crippen LogP contribution is -2.23. The van der Waals surface area contributed by atoms with Crippen LogP contribution in [0.4, 0.5) is 8.78 Å². The van der Waals surface area contributed by atoms with E-state index >= 15 is 0 Å². The normalized spacial score (nSPS) is 11.6. The fourth-order valence-corrected chi connectivity index (χ4v) is 4.81. The van der Waals surface area contributed by atoms with E-state index in [1.165, 1.54) is 11.8 Å². The molecular formula is C9H12F2N2OS2Si. The highest BCUT2D eigenvalue weighted by Gasteiger charge is 2.21. The Hall–Kier alpha value is -0.653. The average molecular weight is 294 g/mol. The molecule has 0 aliphatic rings. The molecule has 0 N–H and O–H groups in total. The van der Waals surface area contributed by atoms with Gasteiger partial charge in [-0.2, -0.15) is 18.4 Å². The molecule has 0 amide bonds. The van der Waals surface area contributed by atoms with Crippen LogP contribution in [0, 0.1) is 11.3 Å². The number of rotatable bonds is 5. The maximum atomic E-state index is 12.1. The van der Waals surface area contributed by atoms with E-state index in [1.807, 2.05) is 6.07 Å². The number of nitrogens with zero attached hydrogens (tertiary/aromatic N) is 2. The van der Waals surface area contributed by atoms with Gasteiger partial charge in [-0.1, -0.05) is 19.6 Å². The molecule has 0 spiro atoms. The smallest absolute Gasteiger partial charge is 0.388 e. The van der Waals surface area contributed by atoms with Gasteiger partial charge in [0.05, 0.1) is 8.07 Å². The van der Waals surface area contributed by atoms with Crippen molar-refractivity contribution in [1.29, 1.82) is 5.26 Å². The number of aromatic nitrogens is 1. The minimum Gasteiger partial charge on any atom is -0.414 e. The fraction of sp³-hybridized carbons (Fsp3) is 0.556. The number of ether oxygens (including phenoxy) is 1. The molecule has 1 heterocycles. The van der Waals surface area contributed by atoms with E-state index in [0.29, 0.717) is 4.21 Å². The molecule has 8 heteroatoms. The lowest BCUT2D eigenvalue weighted by molar-refractivity contribution is -0.0524. The molecule has 17 heavy (non-hydrogen) atoms. The topological polar surface area (TPSA) is 45.9 Å². The predicted octanol–water partition coefficient (Wildman–Crippen LogP) is 3.59. The Kier molecular flexibility index (Phi) is 4.91. The maximum absolute atomic E-state index is 12.1. The summed E-state index contributed by atoms with van der Waals surface area (Å²) in [5, 5.41) is 9.83. The molecule has 1 rings (SSSR count). The third-order valence-electron chi connectivity index (χ3n) is 1.58. The largest absolute Gasteiger partial charge is 0.414 e. The Labute approximate surface area is 108 Å². The monoisotopic (exact) mass is 294 g/mol. The third kappa shape index (κ3) is 4.61. The summed E-state index contributed by atoms with van der Waals surface area (Å²) in [6.07, 6.45) is 0. The minimum atomic E-state index is -2.95. The van der Waals surface area contributed by atoms with Crippen molar-refractivity contribution < 1.29 is 13.5 Å². The van der Waals surface area contributed by atoms with Crippen molar-refractivity contribution in [2.75, 3.05) is 5.38 Å². The fourth-order valence-electron chi connectivity index (χ4n) is 0.900. The standard InChI is InChI=1S/C9H12F2N2OS2Si/c1-17(2,3)5-15-8-6(4-12)7(13-16-8)14-9(10)11/h9H,5H2,1-3H3. The Bertz CT molecular complexity index is 426. The Morgan fingerprint density at radius 2 is 2.18 bits per heavy atom. The van der Waals surface area contributed by atoms with Crippen molar-refractivity contribution in [3.05, 3.63) is 5.56 Å². The molecule has 0 saturated heterocycles. The van der Waals surface area contributed by atoms with E-state index in [1.54, 1.807) is 0 Å². The zero-order valence-electron chi connectivity index (χ0n) is 9.66. The van der Waals surface area contributed by atoms with Crippen molar-refractivity contribution in [1.82, 2.24) is 4.37 Å². The number of halogens is 2. The summed E-state index contributed by atoms with van der Waals surface area (Å²) in [6.45, 7) is 3.65. The third-order valence-corrected chi connectivity index (χ3v) is 7.29. The van der Waals surface area contributed by atoms with E-state index in [4.69, 9.17) is 5.26 Å². The molecule has 3 nitrogen and oxygen atoms in total. The Morgan fingerprint density at radius 1 is 1.53 bits per heavy atom. The summed E-state index contributed by atoms with van der Waals surface area (Å²) in [6, 6.07) is 1.87. The van der Waals surface area contributed by atoms with Crippen LogP contribution in [0.1, 0.15) is 5.56 Å². The van der Waals surface area contributed by atoms with Crippen LogP contribution in [0.2, 0.25) is 19.6 Å². The van der Waals surface area contributed by atoms with Crippen LogP contribution in [0.25, 0.3) is 0 Å². The molecule has 0 aromatic carbocycles. The van der Waals surface area contributed by atoms with Gasteiger partial charge in [0.15, 0.2) is 0 Å². The molecule has 0 bridgehead atoms. The lowest BCUT2D eigenvalue weighted by atomic mass is 10.4. The van der Waals surface area contributed by atoms with Gasteiger partial charge in [0, 0.05) is 0 Å². The van der Waals surface area contributed by atoms with Gasteiger partial charge in [0.2, 0.25) is 5.88 Å². The molecular weight excluding hydrogens is 282 g/mol. The summed E-state index contributed by atoms with van der Waals surface area (Å²) in [4.78, 5) is 0. The number of alkyl halides is 2. The van der Waals surface area contributed by atoms with Gasteiger partial charge >= 0.3 is 6.61 Å². The highest BCUT2D eigenvalue weighted by molar-refractivity contribution is 8.02. The zero-order chi connectivity index (χ0) is 13.1. The summed E-state index contributed by atoms with van der Waals surface area (Å²) in [5.41, 5.74) is 0.124. The summed E-state index contributed by atoms with van der Waals surface area (Å²) in [5.74, 6) is -0.259. The average Bonchev–Trinajstić information content (AvgIpc) is 2.55. The first-order valence-corrected chi connectivity index (χ1v) is 10.3. The zero-order valence-corrected chi connectivity index (χ0v) is 12.3. The van der Waals surface area contributed by atoms with Crippen LogP contribution in [0.15, 0.2) is 4.21 Å². The molecule has 0 aliphatic carbocycles. The summed E-state index contributed by atoms with van der Waals surface area (Å²) >= 11 is 2.53. The predicted molar refractivity (Wildman–Crippen MR) is 67.5 cm³/mol. The molecule has 1 aromatic rings. The van der Waals surface area contributed by atoms with Crippen LogP contribution < -0.4 is 4.74 Å². The van der Waals surface area contributed by atoms with Gasteiger partial charge in [-0.15, -0.1) is 11.8 Å². The molecule has 1 aromatic heterocycles. The quantitative estimate of drug-likeness (QED) is 0.615. The van der Waals surface area contributed by atoms with E-state index in [-0.39, 0.29) is 11.4 Å². The van der Waals surface area contributed by atoms with Crippen molar-refractivity contribution in [2.24, 2.45) is 0 Å².